The van der Waals surface area contributed by atoms with Crippen LogP contribution in [0.5, 0.6) is 0 Å². The van der Waals surface area contributed by atoms with Gasteiger partial charge in [-0.15, -0.1) is 0 Å². The lowest BCUT2D eigenvalue weighted by molar-refractivity contribution is 0.0938. The number of rotatable bonds is 6. The van der Waals surface area contributed by atoms with Crippen molar-refractivity contribution in [1.82, 2.24) is 5.32 Å². The van der Waals surface area contributed by atoms with Gasteiger partial charge in [-0.25, -0.2) is 0 Å². The molecule has 0 saturated carbocycles. The van der Waals surface area contributed by atoms with E-state index in [1.807, 2.05) is 6.92 Å². The van der Waals surface area contributed by atoms with Crippen LogP contribution in [0.2, 0.25) is 5.02 Å². The van der Waals surface area contributed by atoms with Crippen LogP contribution in [0.4, 0.5) is 0 Å². The van der Waals surface area contributed by atoms with Gasteiger partial charge < -0.3 is 5.32 Å². The molecular weight excluding hydrogens is 222 g/mol. The maximum Gasteiger partial charge on any atom is 0.179 e. The highest BCUT2D eigenvalue weighted by Crippen LogP contribution is 2.12. The van der Waals surface area contributed by atoms with E-state index in [4.69, 9.17) is 11.6 Å². The molecule has 0 aliphatic rings. The molecule has 0 fully saturated rings. The van der Waals surface area contributed by atoms with Gasteiger partial charge in [-0.05, 0) is 37.2 Å². The zero-order chi connectivity index (χ0) is 12.0. The molecule has 1 unspecified atom stereocenters. The van der Waals surface area contributed by atoms with E-state index in [9.17, 15) is 4.79 Å². The van der Waals surface area contributed by atoms with Gasteiger partial charge in [0, 0.05) is 10.6 Å². The molecule has 3 heteroatoms. The van der Waals surface area contributed by atoms with Crippen LogP contribution >= 0.6 is 11.6 Å². The molecule has 16 heavy (non-hydrogen) atoms. The average Bonchev–Trinajstić information content (AvgIpc) is 2.29. The van der Waals surface area contributed by atoms with Gasteiger partial charge >= 0.3 is 0 Å². The van der Waals surface area contributed by atoms with E-state index < -0.39 is 0 Å². The van der Waals surface area contributed by atoms with Crippen molar-refractivity contribution < 1.29 is 4.79 Å². The second-order valence-electron chi connectivity index (χ2n) is 3.77. The molecule has 1 rings (SSSR count). The Bertz CT molecular complexity index is 328. The lowest BCUT2D eigenvalue weighted by atomic mass is 10.0. The Balaban J connectivity index is 2.77. The Hall–Kier alpha value is -0.860. The van der Waals surface area contributed by atoms with Crippen molar-refractivity contribution in [2.75, 3.05) is 6.54 Å². The number of ketones is 1. The van der Waals surface area contributed by atoms with Gasteiger partial charge in [0.05, 0.1) is 6.04 Å². The van der Waals surface area contributed by atoms with E-state index in [1.165, 1.54) is 0 Å². The van der Waals surface area contributed by atoms with Gasteiger partial charge in [-0.2, -0.15) is 0 Å². The Labute approximate surface area is 102 Å². The van der Waals surface area contributed by atoms with Crippen LogP contribution < -0.4 is 5.32 Å². The Morgan fingerprint density at radius 1 is 1.31 bits per heavy atom. The quantitative estimate of drug-likeness (QED) is 0.772. The Morgan fingerprint density at radius 2 is 1.94 bits per heavy atom. The fourth-order valence-corrected chi connectivity index (χ4v) is 1.80. The number of nitrogens with one attached hydrogen (secondary N) is 1. The summed E-state index contributed by atoms with van der Waals surface area (Å²) in [5.74, 6) is 0.153. The molecule has 1 N–H and O–H groups in total. The largest absolute Gasteiger partial charge is 0.307 e. The zero-order valence-corrected chi connectivity index (χ0v) is 10.6. The Morgan fingerprint density at radius 3 is 2.44 bits per heavy atom. The first-order chi connectivity index (χ1) is 7.69. The maximum atomic E-state index is 12.1. The smallest absolute Gasteiger partial charge is 0.179 e. The van der Waals surface area contributed by atoms with Crippen molar-refractivity contribution in [2.45, 2.75) is 32.7 Å². The summed E-state index contributed by atoms with van der Waals surface area (Å²) < 4.78 is 0. The van der Waals surface area contributed by atoms with Crippen LogP contribution in [-0.4, -0.2) is 18.4 Å². The third kappa shape index (κ3) is 3.62. The molecule has 0 aliphatic heterocycles. The minimum atomic E-state index is -0.0730. The van der Waals surface area contributed by atoms with Gasteiger partial charge in [0.2, 0.25) is 0 Å². The van der Waals surface area contributed by atoms with Crippen LogP contribution in [-0.2, 0) is 0 Å². The van der Waals surface area contributed by atoms with Crippen LogP contribution in [0.15, 0.2) is 24.3 Å². The molecule has 88 valence electrons. The molecule has 1 aromatic rings. The number of hydrogen-bond acceptors (Lipinski definition) is 2. The van der Waals surface area contributed by atoms with Crippen LogP contribution in [0.1, 0.15) is 37.0 Å². The summed E-state index contributed by atoms with van der Waals surface area (Å²) in [5, 5.41) is 3.87. The van der Waals surface area contributed by atoms with Crippen molar-refractivity contribution in [1.29, 1.82) is 0 Å². The highest BCUT2D eigenvalue weighted by atomic mass is 35.5. The maximum absolute atomic E-state index is 12.1. The van der Waals surface area contributed by atoms with Crippen molar-refractivity contribution in [3.63, 3.8) is 0 Å². The third-order valence-corrected chi connectivity index (χ3v) is 2.73. The van der Waals surface area contributed by atoms with E-state index in [0.717, 1.165) is 24.9 Å². The van der Waals surface area contributed by atoms with E-state index in [2.05, 4.69) is 12.2 Å². The molecule has 0 bridgehead atoms. The summed E-state index contributed by atoms with van der Waals surface area (Å²) in [6.45, 7) is 4.90. The molecule has 0 heterocycles. The first-order valence-corrected chi connectivity index (χ1v) is 6.10. The van der Waals surface area contributed by atoms with Crippen molar-refractivity contribution in [3.05, 3.63) is 34.9 Å². The SMILES string of the molecule is CCCC(NCC)C(=O)c1ccc(Cl)cc1. The number of carbonyl (C=O) groups is 1. The molecule has 0 aromatic heterocycles. The number of halogens is 1. The minimum absolute atomic E-state index is 0.0730. The van der Waals surface area contributed by atoms with Crippen LogP contribution in [0, 0.1) is 0 Å². The second-order valence-corrected chi connectivity index (χ2v) is 4.21. The number of hydrogen-bond donors (Lipinski definition) is 1. The molecule has 1 atom stereocenters. The molecule has 2 nitrogen and oxygen atoms in total. The molecule has 0 radical (unpaired) electrons. The van der Waals surface area contributed by atoms with Crippen molar-refractivity contribution in [3.8, 4) is 0 Å². The fraction of sp³-hybridized carbons (Fsp3) is 0.462. The average molecular weight is 240 g/mol. The van der Waals surface area contributed by atoms with Gasteiger partial charge in [-0.3, -0.25) is 4.79 Å². The number of Topliss-reactive ketones (excluding diaryl/α,β-unsaturated/α-hetero) is 1. The van der Waals surface area contributed by atoms with E-state index >= 15 is 0 Å². The highest BCUT2D eigenvalue weighted by molar-refractivity contribution is 6.30. The first-order valence-electron chi connectivity index (χ1n) is 5.72. The number of carbonyl (C=O) groups excluding carboxylic acids is 1. The standard InChI is InChI=1S/C13H18ClNO/c1-3-5-12(15-4-2)13(16)10-6-8-11(14)9-7-10/h6-9,12,15H,3-5H2,1-2H3. The summed E-state index contributed by atoms with van der Waals surface area (Å²) >= 11 is 5.79. The molecule has 0 spiro atoms. The van der Waals surface area contributed by atoms with Crippen LogP contribution in [0.3, 0.4) is 0 Å². The van der Waals surface area contributed by atoms with Crippen molar-refractivity contribution >= 4 is 17.4 Å². The van der Waals surface area contributed by atoms with Gasteiger partial charge in [0.1, 0.15) is 0 Å². The second kappa shape index (κ2) is 6.66. The summed E-state index contributed by atoms with van der Waals surface area (Å²) in [7, 11) is 0. The minimum Gasteiger partial charge on any atom is -0.307 e. The van der Waals surface area contributed by atoms with E-state index in [1.54, 1.807) is 24.3 Å². The summed E-state index contributed by atoms with van der Waals surface area (Å²) in [5.41, 5.74) is 0.726. The predicted octanol–water partition coefficient (Wildman–Crippen LogP) is 3.30. The molecule has 0 aliphatic carbocycles. The highest BCUT2D eigenvalue weighted by Gasteiger charge is 2.17. The summed E-state index contributed by atoms with van der Waals surface area (Å²) in [6, 6.07) is 7.00. The summed E-state index contributed by atoms with van der Waals surface area (Å²) in [4.78, 5) is 12.1. The monoisotopic (exact) mass is 239 g/mol. The lowest BCUT2D eigenvalue weighted by Gasteiger charge is -2.15. The number of benzene rings is 1. The first kappa shape index (κ1) is 13.2. The van der Waals surface area contributed by atoms with E-state index in [0.29, 0.717) is 5.02 Å². The van der Waals surface area contributed by atoms with E-state index in [-0.39, 0.29) is 11.8 Å². The van der Waals surface area contributed by atoms with Crippen molar-refractivity contribution in [2.24, 2.45) is 0 Å². The summed E-state index contributed by atoms with van der Waals surface area (Å²) in [6.07, 6.45) is 1.87. The topological polar surface area (TPSA) is 29.1 Å². The molecule has 1 aromatic carbocycles. The Kier molecular flexibility index (Phi) is 5.50. The van der Waals surface area contributed by atoms with Crippen LogP contribution in [0.25, 0.3) is 0 Å². The van der Waals surface area contributed by atoms with Gasteiger partial charge in [0.25, 0.3) is 0 Å². The normalized spacial score (nSPS) is 12.4. The number of likely N-dealkylation sites (N-methyl/N-ethyl adjacent to an activating group) is 1. The predicted molar refractivity (Wildman–Crippen MR) is 68.2 cm³/mol. The van der Waals surface area contributed by atoms with Gasteiger partial charge in [-0.1, -0.05) is 31.9 Å². The molecule has 0 saturated heterocycles. The van der Waals surface area contributed by atoms with Gasteiger partial charge in [0.15, 0.2) is 5.78 Å². The fourth-order valence-electron chi connectivity index (χ4n) is 1.68. The molecule has 0 amide bonds. The third-order valence-electron chi connectivity index (χ3n) is 2.47. The lowest BCUT2D eigenvalue weighted by Crippen LogP contribution is -2.36. The molecular formula is C13H18ClNO. The zero-order valence-electron chi connectivity index (χ0n) is 9.79.